The van der Waals surface area contributed by atoms with Gasteiger partial charge in [-0.3, -0.25) is 4.79 Å². The van der Waals surface area contributed by atoms with Gasteiger partial charge in [-0.1, -0.05) is 59.1 Å². The maximum atomic E-state index is 14.2. The normalized spacial score (nSPS) is 19.9. The van der Waals surface area contributed by atoms with Crippen LogP contribution in [0.5, 0.6) is 11.5 Å². The van der Waals surface area contributed by atoms with Gasteiger partial charge in [0.1, 0.15) is 24.6 Å². The van der Waals surface area contributed by atoms with Crippen LogP contribution in [0.2, 0.25) is 15.1 Å². The molecule has 5 rings (SSSR count). The summed E-state index contributed by atoms with van der Waals surface area (Å²) in [6.45, 7) is 4.46. The molecule has 2 aliphatic rings. The second-order valence-corrected chi connectivity index (χ2v) is 12.8. The van der Waals surface area contributed by atoms with Gasteiger partial charge in [-0.15, -0.1) is 0 Å². The number of aryl methyl sites for hydroxylation is 1. The van der Waals surface area contributed by atoms with Crippen molar-refractivity contribution in [2.45, 2.75) is 50.8 Å². The Labute approximate surface area is 274 Å². The van der Waals surface area contributed by atoms with Crippen LogP contribution in [0.25, 0.3) is 0 Å². The van der Waals surface area contributed by atoms with Crippen molar-refractivity contribution >= 4 is 40.7 Å². The number of rotatable bonds is 13. The quantitative estimate of drug-likeness (QED) is 0.201. The van der Waals surface area contributed by atoms with Crippen LogP contribution in [0.1, 0.15) is 41.5 Å². The molecule has 44 heavy (non-hydrogen) atoms. The van der Waals surface area contributed by atoms with Crippen molar-refractivity contribution in [2.24, 2.45) is 5.92 Å². The Morgan fingerprint density at radius 2 is 1.68 bits per heavy atom. The highest BCUT2D eigenvalue weighted by atomic mass is 35.5. The van der Waals surface area contributed by atoms with E-state index in [1.165, 1.54) is 0 Å². The highest BCUT2D eigenvalue weighted by Crippen LogP contribution is 2.40. The Morgan fingerprint density at radius 3 is 2.36 bits per heavy atom. The zero-order valence-electron chi connectivity index (χ0n) is 25.1. The van der Waals surface area contributed by atoms with Crippen molar-refractivity contribution in [3.05, 3.63) is 91.9 Å². The van der Waals surface area contributed by atoms with E-state index in [-0.39, 0.29) is 25.2 Å². The van der Waals surface area contributed by atoms with Gasteiger partial charge in [0.05, 0.1) is 22.6 Å². The fraction of sp³-hybridized carbons (Fsp3) is 0.441. The molecule has 1 aliphatic carbocycles. The summed E-state index contributed by atoms with van der Waals surface area (Å²) >= 11 is 19.1. The van der Waals surface area contributed by atoms with E-state index in [1.807, 2.05) is 48.2 Å². The summed E-state index contributed by atoms with van der Waals surface area (Å²) < 4.78 is 16.9. The van der Waals surface area contributed by atoms with Crippen LogP contribution in [0.15, 0.2) is 54.6 Å². The number of nitrogens with one attached hydrogen (secondary N) is 1. The number of amides is 1. The molecular weight excluding hydrogens is 623 g/mol. The Morgan fingerprint density at radius 1 is 0.977 bits per heavy atom. The second kappa shape index (κ2) is 14.7. The first-order valence-corrected chi connectivity index (χ1v) is 16.1. The molecule has 1 aliphatic heterocycles. The van der Waals surface area contributed by atoms with Crippen LogP contribution in [-0.2, 0) is 28.1 Å². The minimum Gasteiger partial charge on any atom is -0.490 e. The van der Waals surface area contributed by atoms with E-state index in [1.54, 1.807) is 19.2 Å². The van der Waals surface area contributed by atoms with Crippen molar-refractivity contribution in [1.29, 1.82) is 0 Å². The summed E-state index contributed by atoms with van der Waals surface area (Å²) in [6, 6.07) is 17.0. The molecule has 7 nitrogen and oxygen atoms in total. The number of benzene rings is 3. The molecule has 0 bridgehead atoms. The SMILES string of the molecule is COCCc1ccc(Cl)c(CN(C(=O)[C@@H]2CNCC[C@@]2(O)c2ccc(OCCOc3c(Cl)cc(C)cc3Cl)cc2)C2CC2)c1. The molecule has 2 N–H and O–H groups in total. The van der Waals surface area contributed by atoms with Crippen LogP contribution in [-0.4, -0.2) is 62.0 Å². The smallest absolute Gasteiger partial charge is 0.230 e. The fourth-order valence-electron chi connectivity index (χ4n) is 5.75. The third-order valence-corrected chi connectivity index (χ3v) is 9.25. The van der Waals surface area contributed by atoms with Crippen molar-refractivity contribution in [1.82, 2.24) is 10.2 Å². The van der Waals surface area contributed by atoms with E-state index in [4.69, 9.17) is 49.0 Å². The summed E-state index contributed by atoms with van der Waals surface area (Å²) in [5, 5.41) is 16.9. The lowest BCUT2D eigenvalue weighted by Crippen LogP contribution is -2.55. The molecular formula is C34H39Cl3N2O5. The average Bonchev–Trinajstić information content (AvgIpc) is 3.85. The summed E-state index contributed by atoms with van der Waals surface area (Å²) in [5.74, 6) is 0.354. The Hall–Kier alpha value is -2.52. The number of ether oxygens (including phenoxy) is 3. The molecule has 1 amide bonds. The summed E-state index contributed by atoms with van der Waals surface area (Å²) in [7, 11) is 1.68. The highest BCUT2D eigenvalue weighted by Gasteiger charge is 2.48. The molecule has 0 spiro atoms. The number of hydrogen-bond acceptors (Lipinski definition) is 6. The van der Waals surface area contributed by atoms with Crippen LogP contribution < -0.4 is 14.8 Å². The maximum Gasteiger partial charge on any atom is 0.230 e. The largest absolute Gasteiger partial charge is 0.490 e. The first-order chi connectivity index (χ1) is 21.2. The number of halogens is 3. The summed E-state index contributed by atoms with van der Waals surface area (Å²) in [6.07, 6.45) is 3.08. The highest BCUT2D eigenvalue weighted by molar-refractivity contribution is 6.37. The third kappa shape index (κ3) is 7.82. The van der Waals surface area contributed by atoms with Gasteiger partial charge in [-0.2, -0.15) is 0 Å². The molecule has 1 saturated heterocycles. The summed E-state index contributed by atoms with van der Waals surface area (Å²) in [5.41, 5.74) is 2.35. The first kappa shape index (κ1) is 32.9. The van der Waals surface area contributed by atoms with Crippen LogP contribution >= 0.6 is 34.8 Å². The van der Waals surface area contributed by atoms with Crippen molar-refractivity contribution in [3.63, 3.8) is 0 Å². The Bertz CT molecular complexity index is 1430. The molecule has 1 heterocycles. The lowest BCUT2D eigenvalue weighted by Gasteiger charge is -2.42. The number of aliphatic hydroxyl groups is 1. The van der Waals surface area contributed by atoms with Crippen molar-refractivity contribution in [3.8, 4) is 11.5 Å². The lowest BCUT2D eigenvalue weighted by atomic mass is 9.75. The van der Waals surface area contributed by atoms with Crippen LogP contribution in [0, 0.1) is 12.8 Å². The number of carbonyl (C=O) groups excluding carboxylic acids is 1. The summed E-state index contributed by atoms with van der Waals surface area (Å²) in [4.78, 5) is 16.1. The van der Waals surface area contributed by atoms with Gasteiger partial charge in [0.15, 0.2) is 5.75 Å². The van der Waals surface area contributed by atoms with E-state index in [9.17, 15) is 9.90 Å². The van der Waals surface area contributed by atoms with Gasteiger partial charge < -0.3 is 29.5 Å². The zero-order chi connectivity index (χ0) is 31.3. The number of carbonyl (C=O) groups is 1. The van der Waals surface area contributed by atoms with Gasteiger partial charge in [-0.25, -0.2) is 0 Å². The fourth-order valence-corrected chi connectivity index (χ4v) is 6.64. The second-order valence-electron chi connectivity index (χ2n) is 11.6. The molecule has 3 aromatic carbocycles. The minimum absolute atomic E-state index is 0.0635. The number of hydrogen-bond donors (Lipinski definition) is 2. The van der Waals surface area contributed by atoms with Crippen LogP contribution in [0.4, 0.5) is 0 Å². The first-order valence-electron chi connectivity index (χ1n) is 15.0. The standard InChI is InChI=1S/C34H39Cl3N2O5/c1-22-17-30(36)32(31(37)18-22)44-16-15-43-27-8-4-25(5-9-27)34(41)12-13-38-20-28(34)33(40)39(26-6-7-26)21-24-19-23(11-14-42-2)3-10-29(24)35/h3-5,8-10,17-19,26,28,38,41H,6-7,11-16,20-21H2,1-2H3/t28-,34+/m0/s1. The van der Waals surface area contributed by atoms with Gasteiger partial charge in [0, 0.05) is 31.3 Å². The third-order valence-electron chi connectivity index (χ3n) is 8.32. The number of nitrogens with zero attached hydrogens (tertiary/aromatic N) is 1. The molecule has 236 valence electrons. The molecule has 0 aromatic heterocycles. The van der Waals surface area contributed by atoms with Gasteiger partial charge in [0.25, 0.3) is 0 Å². The van der Waals surface area contributed by atoms with E-state index in [0.29, 0.717) is 64.8 Å². The van der Waals surface area contributed by atoms with Gasteiger partial charge >= 0.3 is 0 Å². The Kier molecular flexibility index (Phi) is 11.0. The molecule has 3 aromatic rings. The predicted molar refractivity (Wildman–Crippen MR) is 174 cm³/mol. The topological polar surface area (TPSA) is 80.3 Å². The zero-order valence-corrected chi connectivity index (χ0v) is 27.4. The monoisotopic (exact) mass is 660 g/mol. The Balaban J connectivity index is 1.25. The molecule has 0 unspecified atom stereocenters. The molecule has 2 fully saturated rings. The van der Waals surface area contributed by atoms with Crippen molar-refractivity contribution < 1.29 is 24.1 Å². The van der Waals surface area contributed by atoms with Gasteiger partial charge in [0.2, 0.25) is 5.91 Å². The maximum absolute atomic E-state index is 14.2. The predicted octanol–water partition coefficient (Wildman–Crippen LogP) is 6.59. The van der Waals surface area contributed by atoms with Crippen LogP contribution in [0.3, 0.4) is 0 Å². The molecule has 0 radical (unpaired) electrons. The number of piperidine rings is 1. The average molecular weight is 662 g/mol. The molecule has 10 heteroatoms. The van der Waals surface area contributed by atoms with Gasteiger partial charge in [-0.05, 0) is 91.7 Å². The number of methoxy groups -OCH3 is 1. The van der Waals surface area contributed by atoms with E-state index >= 15 is 0 Å². The molecule has 2 atom stereocenters. The van der Waals surface area contributed by atoms with Crippen molar-refractivity contribution in [2.75, 3.05) is 40.0 Å². The molecule has 1 saturated carbocycles. The van der Waals surface area contributed by atoms with E-state index in [2.05, 4.69) is 11.4 Å². The minimum atomic E-state index is -1.32. The van der Waals surface area contributed by atoms with E-state index in [0.717, 1.165) is 36.0 Å². The lowest BCUT2D eigenvalue weighted by molar-refractivity contribution is -0.150. The van der Waals surface area contributed by atoms with E-state index < -0.39 is 11.5 Å².